The molecule has 3 saturated heterocycles. The largest absolute Gasteiger partial charge is 0.394 e. The third-order valence-corrected chi connectivity index (χ3v) is 10.6. The van der Waals surface area contributed by atoms with Crippen molar-refractivity contribution < 1.29 is 24.2 Å². The molecule has 9 heteroatoms. The average Bonchev–Trinajstić information content (AvgIpc) is 3.66. The van der Waals surface area contributed by atoms with E-state index < -0.39 is 41.0 Å². The van der Waals surface area contributed by atoms with E-state index in [9.17, 15) is 9.90 Å². The molecule has 1 N–H and O–H groups in total. The molecule has 0 aromatic heterocycles. The summed E-state index contributed by atoms with van der Waals surface area (Å²) in [7, 11) is 0. The molecular weight excluding hydrogens is 626 g/mol. The highest BCUT2D eigenvalue weighted by atomic mass is 35.5. The van der Waals surface area contributed by atoms with E-state index in [1.54, 1.807) is 28.0 Å². The first-order valence-electron chi connectivity index (χ1n) is 16.4. The molecule has 1 spiro atoms. The number of carbonyl (C=O) groups excluding carboxylic acids is 3. The molecule has 3 aromatic rings. The molecule has 3 heterocycles. The molecule has 3 aliphatic rings. The number of benzene rings is 3. The summed E-state index contributed by atoms with van der Waals surface area (Å²) in [5.41, 5.74) is 0.590. The zero-order valence-electron chi connectivity index (χ0n) is 27.4. The van der Waals surface area contributed by atoms with Crippen LogP contribution < -0.4 is 9.80 Å². The number of anilines is 2. The van der Waals surface area contributed by atoms with Gasteiger partial charge in [0.2, 0.25) is 11.8 Å². The number of nitrogens with zero attached hydrogens (tertiary/aromatic N) is 3. The van der Waals surface area contributed by atoms with Gasteiger partial charge in [-0.3, -0.25) is 14.4 Å². The van der Waals surface area contributed by atoms with Gasteiger partial charge in [0.05, 0.1) is 40.8 Å². The molecule has 48 heavy (non-hydrogen) atoms. The normalized spacial score (nSPS) is 26.2. The van der Waals surface area contributed by atoms with Crippen molar-refractivity contribution in [3.05, 3.63) is 120 Å². The molecule has 6 atom stereocenters. The predicted molar refractivity (Wildman–Crippen MR) is 188 cm³/mol. The second-order valence-corrected chi connectivity index (χ2v) is 13.6. The van der Waals surface area contributed by atoms with Crippen LogP contribution >= 0.6 is 11.6 Å². The Morgan fingerprint density at radius 1 is 0.979 bits per heavy atom. The van der Waals surface area contributed by atoms with E-state index in [1.165, 1.54) is 4.90 Å². The highest BCUT2D eigenvalue weighted by molar-refractivity contribution is 6.34. The Bertz CT molecular complexity index is 1700. The summed E-state index contributed by atoms with van der Waals surface area (Å²) in [6, 6.07) is 22.4. The number of carbonyl (C=O) groups is 3. The zero-order chi connectivity index (χ0) is 34.2. The molecule has 0 radical (unpaired) electrons. The Kier molecular flexibility index (Phi) is 9.35. The first-order valence-corrected chi connectivity index (χ1v) is 16.8. The molecule has 3 aromatic carbocycles. The van der Waals surface area contributed by atoms with E-state index in [2.05, 4.69) is 13.2 Å². The Morgan fingerprint density at radius 2 is 1.62 bits per heavy atom. The number of para-hydroxylation sites is 2. The molecule has 0 saturated carbocycles. The third kappa shape index (κ3) is 5.46. The van der Waals surface area contributed by atoms with Crippen LogP contribution in [0.1, 0.15) is 30.9 Å². The summed E-state index contributed by atoms with van der Waals surface area (Å²) in [5.74, 6) is -2.84. The van der Waals surface area contributed by atoms with Crippen LogP contribution in [0.2, 0.25) is 5.02 Å². The maximum absolute atomic E-state index is 15.2. The van der Waals surface area contributed by atoms with Gasteiger partial charge in [-0.1, -0.05) is 84.4 Å². The van der Waals surface area contributed by atoms with Crippen molar-refractivity contribution in [3.63, 3.8) is 0 Å². The number of hydrogen-bond donors (Lipinski definition) is 1. The second-order valence-electron chi connectivity index (χ2n) is 13.2. The van der Waals surface area contributed by atoms with Gasteiger partial charge < -0.3 is 24.5 Å². The average molecular weight is 668 g/mol. The van der Waals surface area contributed by atoms with Gasteiger partial charge >= 0.3 is 0 Å². The van der Waals surface area contributed by atoms with Crippen molar-refractivity contribution in [3.8, 4) is 0 Å². The molecule has 8 nitrogen and oxygen atoms in total. The second kappa shape index (κ2) is 13.3. The van der Waals surface area contributed by atoms with Gasteiger partial charge in [-0.2, -0.15) is 0 Å². The van der Waals surface area contributed by atoms with E-state index in [-0.39, 0.29) is 31.5 Å². The van der Waals surface area contributed by atoms with E-state index in [0.717, 1.165) is 11.1 Å². The van der Waals surface area contributed by atoms with Crippen LogP contribution in [-0.4, -0.2) is 70.7 Å². The topological polar surface area (TPSA) is 90.4 Å². The van der Waals surface area contributed by atoms with Gasteiger partial charge in [-0.05, 0) is 62.4 Å². The van der Waals surface area contributed by atoms with Crippen molar-refractivity contribution in [2.24, 2.45) is 11.8 Å². The molecule has 2 bridgehead atoms. The van der Waals surface area contributed by atoms with Crippen molar-refractivity contribution in [1.82, 2.24) is 4.90 Å². The Labute approximate surface area is 287 Å². The summed E-state index contributed by atoms with van der Waals surface area (Å²) in [4.78, 5) is 49.7. The summed E-state index contributed by atoms with van der Waals surface area (Å²) < 4.78 is 6.95. The van der Waals surface area contributed by atoms with Gasteiger partial charge in [0, 0.05) is 18.8 Å². The van der Waals surface area contributed by atoms with Crippen LogP contribution in [0.25, 0.3) is 0 Å². The van der Waals surface area contributed by atoms with Gasteiger partial charge in [0.1, 0.15) is 11.6 Å². The summed E-state index contributed by atoms with van der Waals surface area (Å²) in [6.45, 7) is 11.5. The number of aliphatic hydroxyl groups excluding tert-OH is 1. The fourth-order valence-corrected chi connectivity index (χ4v) is 8.63. The lowest BCUT2D eigenvalue weighted by atomic mass is 9.66. The summed E-state index contributed by atoms with van der Waals surface area (Å²) in [6.07, 6.45) is 4.47. The third-order valence-electron chi connectivity index (χ3n) is 10.3. The highest BCUT2D eigenvalue weighted by Crippen LogP contribution is 2.64. The number of hydrogen-bond acceptors (Lipinski definition) is 5. The molecule has 3 fully saturated rings. The van der Waals surface area contributed by atoms with Crippen molar-refractivity contribution in [2.75, 3.05) is 29.5 Å². The zero-order valence-corrected chi connectivity index (χ0v) is 28.2. The van der Waals surface area contributed by atoms with E-state index in [4.69, 9.17) is 16.3 Å². The molecule has 3 aliphatic heterocycles. The van der Waals surface area contributed by atoms with E-state index >= 15 is 9.59 Å². The van der Waals surface area contributed by atoms with Crippen molar-refractivity contribution in [2.45, 2.75) is 56.4 Å². The molecule has 6 rings (SSSR count). The maximum Gasteiger partial charge on any atom is 0.253 e. The predicted octanol–water partition coefficient (Wildman–Crippen LogP) is 5.75. The monoisotopic (exact) mass is 667 g/mol. The number of likely N-dealkylation sites (tertiary alicyclic amines) is 1. The quantitative estimate of drug-likeness (QED) is 0.248. The fourth-order valence-electron chi connectivity index (χ4n) is 8.31. The maximum atomic E-state index is 15.2. The van der Waals surface area contributed by atoms with Crippen molar-refractivity contribution >= 4 is 40.7 Å². The van der Waals surface area contributed by atoms with Crippen LogP contribution in [0.3, 0.4) is 0 Å². The standard InChI is InChI=1S/C39H42ClN3O5/c1-5-22-41(28-17-11-8-12-18-28)35(45)31-32-36(46)43(29(25-44)24-27-15-9-7-10-16-27)34(39(32)21-20-38(31,4)48-39)37(47)42(23-6-2)33-26(3)14-13-19-30(33)40/h5-19,29,31-32,34,44H,1-2,20-25H2,3-4H3/t29-,31-,32+,34?,38+,39?/m1/s1. The lowest BCUT2D eigenvalue weighted by Crippen LogP contribution is -2.59. The first-order chi connectivity index (χ1) is 23.1. The number of ether oxygens (including phenoxy) is 1. The minimum atomic E-state index is -1.31. The van der Waals surface area contributed by atoms with Gasteiger partial charge in [-0.15, -0.1) is 13.2 Å². The minimum Gasteiger partial charge on any atom is -0.394 e. The molecule has 3 amide bonds. The Morgan fingerprint density at radius 3 is 2.25 bits per heavy atom. The summed E-state index contributed by atoms with van der Waals surface area (Å²) in [5, 5.41) is 11.3. The fraction of sp³-hybridized carbons (Fsp3) is 0.359. The smallest absolute Gasteiger partial charge is 0.253 e. The van der Waals surface area contributed by atoms with Crippen LogP contribution in [0.5, 0.6) is 0 Å². The Balaban J connectivity index is 1.50. The minimum absolute atomic E-state index is 0.131. The first kappa shape index (κ1) is 33.7. The van der Waals surface area contributed by atoms with Crippen molar-refractivity contribution in [1.29, 1.82) is 0 Å². The number of aryl methyl sites for hydroxylation is 1. The SMILES string of the molecule is C=CCN(C(=O)[C@H]1[C@H]2C(=O)N([C@@H](CO)Cc3ccccc3)C(C(=O)N(CC=C)c3c(C)cccc3Cl)C23CC[C@]1(C)O3)c1ccccc1. The van der Waals surface area contributed by atoms with Gasteiger partial charge in [0.25, 0.3) is 5.91 Å². The van der Waals surface area contributed by atoms with Crippen LogP contribution in [0.4, 0.5) is 11.4 Å². The summed E-state index contributed by atoms with van der Waals surface area (Å²) >= 11 is 6.73. The van der Waals surface area contributed by atoms with E-state index in [0.29, 0.717) is 35.7 Å². The van der Waals surface area contributed by atoms with Gasteiger partial charge in [0.15, 0.2) is 0 Å². The van der Waals surface area contributed by atoms with Gasteiger partial charge in [-0.25, -0.2) is 0 Å². The number of fused-ring (bicyclic) bond motifs is 1. The molecule has 250 valence electrons. The highest BCUT2D eigenvalue weighted by Gasteiger charge is 2.79. The van der Waals surface area contributed by atoms with Crippen LogP contribution in [-0.2, 0) is 25.5 Å². The van der Waals surface area contributed by atoms with E-state index in [1.807, 2.05) is 86.6 Å². The van der Waals surface area contributed by atoms with Crippen LogP contribution in [0.15, 0.2) is 104 Å². The Hall–Kier alpha value is -4.24. The molecule has 0 aliphatic carbocycles. The lowest BCUT2D eigenvalue weighted by Gasteiger charge is -2.40. The number of rotatable bonds is 12. The number of amides is 3. The molecular formula is C39H42ClN3O5. The number of halogens is 1. The number of aliphatic hydroxyl groups is 1. The molecule has 2 unspecified atom stereocenters. The van der Waals surface area contributed by atoms with Crippen LogP contribution in [0, 0.1) is 18.8 Å². The lowest BCUT2D eigenvalue weighted by molar-refractivity contribution is -0.148.